The molecule has 0 aliphatic carbocycles. The van der Waals surface area contributed by atoms with Gasteiger partial charge in [-0.25, -0.2) is 4.98 Å². The lowest BCUT2D eigenvalue weighted by Crippen LogP contribution is -2.31. The van der Waals surface area contributed by atoms with Crippen LogP contribution in [0.2, 0.25) is 0 Å². The molecule has 21 heavy (non-hydrogen) atoms. The first-order valence-corrected chi connectivity index (χ1v) is 8.05. The molecule has 0 atom stereocenters. The van der Waals surface area contributed by atoms with Crippen molar-refractivity contribution in [3.8, 4) is 0 Å². The second-order valence-corrected chi connectivity index (χ2v) is 6.14. The van der Waals surface area contributed by atoms with E-state index in [2.05, 4.69) is 36.9 Å². The maximum absolute atomic E-state index is 5.81. The Morgan fingerprint density at radius 2 is 1.90 bits per heavy atom. The van der Waals surface area contributed by atoms with Crippen molar-refractivity contribution in [1.82, 2.24) is 4.98 Å². The van der Waals surface area contributed by atoms with Crippen molar-refractivity contribution in [2.45, 2.75) is 39.5 Å². The largest absolute Gasteiger partial charge is 0.356 e. The molecule has 1 aliphatic rings. The molecule has 1 saturated heterocycles. The van der Waals surface area contributed by atoms with E-state index in [1.165, 1.54) is 47.2 Å². The third kappa shape index (κ3) is 2.75. The van der Waals surface area contributed by atoms with Gasteiger partial charge >= 0.3 is 0 Å². The Hall–Kier alpha value is -1.61. The molecule has 112 valence electrons. The molecule has 1 aromatic heterocycles. The lowest BCUT2D eigenvalue weighted by Gasteiger charge is -2.30. The van der Waals surface area contributed by atoms with Gasteiger partial charge < -0.3 is 10.6 Å². The Balaban J connectivity index is 2.14. The quantitative estimate of drug-likeness (QED) is 0.939. The van der Waals surface area contributed by atoms with Gasteiger partial charge in [-0.3, -0.25) is 0 Å². The smallest absolute Gasteiger partial charge is 0.132 e. The number of anilines is 1. The van der Waals surface area contributed by atoms with Gasteiger partial charge in [0.1, 0.15) is 5.82 Å². The fourth-order valence-electron chi connectivity index (χ4n) is 3.24. The Morgan fingerprint density at radius 3 is 2.62 bits per heavy atom. The van der Waals surface area contributed by atoms with Crippen LogP contribution in [0.4, 0.5) is 5.82 Å². The Labute approximate surface area is 127 Å². The summed E-state index contributed by atoms with van der Waals surface area (Å²) in [5.74, 6) is 1.17. The number of pyridine rings is 1. The molecule has 0 spiro atoms. The fraction of sp³-hybridized carbons (Fsp3) is 0.500. The van der Waals surface area contributed by atoms with Gasteiger partial charge in [0.15, 0.2) is 0 Å². The highest BCUT2D eigenvalue weighted by molar-refractivity contribution is 5.85. The Bertz CT molecular complexity index is 642. The molecule has 0 saturated carbocycles. The summed E-state index contributed by atoms with van der Waals surface area (Å²) in [6, 6.07) is 6.67. The first-order valence-electron chi connectivity index (χ1n) is 8.05. The summed E-state index contributed by atoms with van der Waals surface area (Å²) in [5.41, 5.74) is 10.9. The fourth-order valence-corrected chi connectivity index (χ4v) is 3.24. The van der Waals surface area contributed by atoms with E-state index in [-0.39, 0.29) is 0 Å². The standard InChI is InChI=1S/C18H25N3/c1-13-6-7-15-12-16(8-9-19)18(20-17(15)14(13)2)21-10-4-3-5-11-21/h6-7,12H,3-5,8-11,19H2,1-2H3. The van der Waals surface area contributed by atoms with Crippen LogP contribution in [0.15, 0.2) is 18.2 Å². The molecule has 2 aromatic rings. The van der Waals surface area contributed by atoms with Crippen molar-refractivity contribution in [2.75, 3.05) is 24.5 Å². The summed E-state index contributed by atoms with van der Waals surface area (Å²) >= 11 is 0. The zero-order chi connectivity index (χ0) is 14.8. The van der Waals surface area contributed by atoms with Crippen LogP contribution >= 0.6 is 0 Å². The third-order valence-corrected chi connectivity index (χ3v) is 4.64. The van der Waals surface area contributed by atoms with E-state index in [0.29, 0.717) is 6.54 Å². The van der Waals surface area contributed by atoms with Gasteiger partial charge in [0.2, 0.25) is 0 Å². The second-order valence-electron chi connectivity index (χ2n) is 6.14. The van der Waals surface area contributed by atoms with E-state index in [0.717, 1.165) is 25.0 Å². The summed E-state index contributed by atoms with van der Waals surface area (Å²) in [6.07, 6.45) is 4.79. The molecule has 0 amide bonds. The molecule has 0 radical (unpaired) electrons. The zero-order valence-electron chi connectivity index (χ0n) is 13.2. The maximum Gasteiger partial charge on any atom is 0.132 e. The lowest BCUT2D eigenvalue weighted by atomic mass is 10.0. The third-order valence-electron chi connectivity index (χ3n) is 4.64. The average Bonchev–Trinajstić information content (AvgIpc) is 2.52. The molecular formula is C18H25N3. The number of nitrogens with zero attached hydrogens (tertiary/aromatic N) is 2. The number of nitrogens with two attached hydrogens (primary N) is 1. The number of aromatic nitrogens is 1. The first kappa shape index (κ1) is 14.3. The van der Waals surface area contributed by atoms with Gasteiger partial charge in [-0.1, -0.05) is 12.1 Å². The molecule has 0 bridgehead atoms. The Kier molecular flexibility index (Phi) is 4.11. The molecule has 0 unspecified atom stereocenters. The normalized spacial score (nSPS) is 15.7. The van der Waals surface area contributed by atoms with Crippen LogP contribution in [-0.2, 0) is 6.42 Å². The SMILES string of the molecule is Cc1ccc2cc(CCN)c(N3CCCCC3)nc2c1C. The van der Waals surface area contributed by atoms with Crippen molar-refractivity contribution < 1.29 is 0 Å². The number of hydrogen-bond acceptors (Lipinski definition) is 3. The van der Waals surface area contributed by atoms with Crippen LogP contribution in [0.1, 0.15) is 36.0 Å². The minimum Gasteiger partial charge on any atom is -0.356 e. The van der Waals surface area contributed by atoms with Crippen molar-refractivity contribution in [3.05, 3.63) is 34.9 Å². The number of rotatable bonds is 3. The highest BCUT2D eigenvalue weighted by atomic mass is 15.2. The molecule has 3 heteroatoms. The van der Waals surface area contributed by atoms with Crippen molar-refractivity contribution in [3.63, 3.8) is 0 Å². The van der Waals surface area contributed by atoms with Gasteiger partial charge in [0.05, 0.1) is 5.52 Å². The summed E-state index contributed by atoms with van der Waals surface area (Å²) in [5, 5.41) is 1.24. The number of aryl methyl sites for hydroxylation is 2. The number of hydrogen-bond donors (Lipinski definition) is 1. The molecule has 3 nitrogen and oxygen atoms in total. The van der Waals surface area contributed by atoms with Crippen LogP contribution in [0.25, 0.3) is 10.9 Å². The minimum absolute atomic E-state index is 0.679. The summed E-state index contributed by atoms with van der Waals surface area (Å²) in [7, 11) is 0. The van der Waals surface area contributed by atoms with Crippen LogP contribution in [0.5, 0.6) is 0 Å². The van der Waals surface area contributed by atoms with E-state index in [1.807, 2.05) is 0 Å². The maximum atomic E-state index is 5.81. The molecule has 1 fully saturated rings. The molecule has 1 aliphatic heterocycles. The predicted molar refractivity (Wildman–Crippen MR) is 90.0 cm³/mol. The van der Waals surface area contributed by atoms with E-state index < -0.39 is 0 Å². The molecule has 2 heterocycles. The minimum atomic E-state index is 0.679. The van der Waals surface area contributed by atoms with Crippen LogP contribution in [-0.4, -0.2) is 24.6 Å². The average molecular weight is 283 g/mol. The van der Waals surface area contributed by atoms with Gasteiger partial charge in [-0.15, -0.1) is 0 Å². The predicted octanol–water partition coefficient (Wildman–Crippen LogP) is 3.34. The molecule has 1 aromatic carbocycles. The number of fused-ring (bicyclic) bond motifs is 1. The number of piperidine rings is 1. The van der Waals surface area contributed by atoms with Gasteiger partial charge in [0, 0.05) is 18.5 Å². The summed E-state index contributed by atoms with van der Waals surface area (Å²) < 4.78 is 0. The van der Waals surface area contributed by atoms with Crippen molar-refractivity contribution in [2.24, 2.45) is 5.73 Å². The zero-order valence-corrected chi connectivity index (χ0v) is 13.2. The topological polar surface area (TPSA) is 42.1 Å². The van der Waals surface area contributed by atoms with Gasteiger partial charge in [0.25, 0.3) is 0 Å². The van der Waals surface area contributed by atoms with E-state index in [9.17, 15) is 0 Å². The molecule has 2 N–H and O–H groups in total. The van der Waals surface area contributed by atoms with Gasteiger partial charge in [-0.2, -0.15) is 0 Å². The highest BCUT2D eigenvalue weighted by Gasteiger charge is 2.17. The van der Waals surface area contributed by atoms with Crippen LogP contribution in [0, 0.1) is 13.8 Å². The first-order chi connectivity index (χ1) is 10.2. The van der Waals surface area contributed by atoms with Crippen molar-refractivity contribution >= 4 is 16.7 Å². The number of benzene rings is 1. The highest BCUT2D eigenvalue weighted by Crippen LogP contribution is 2.29. The molecule has 3 rings (SSSR count). The van der Waals surface area contributed by atoms with E-state index in [1.54, 1.807) is 0 Å². The van der Waals surface area contributed by atoms with Crippen LogP contribution in [0.3, 0.4) is 0 Å². The lowest BCUT2D eigenvalue weighted by molar-refractivity contribution is 0.572. The second kappa shape index (κ2) is 6.02. The van der Waals surface area contributed by atoms with Gasteiger partial charge in [-0.05, 0) is 68.8 Å². The summed E-state index contributed by atoms with van der Waals surface area (Å²) in [4.78, 5) is 7.50. The monoisotopic (exact) mass is 283 g/mol. The summed E-state index contributed by atoms with van der Waals surface area (Å²) in [6.45, 7) is 7.26. The van der Waals surface area contributed by atoms with Crippen LogP contribution < -0.4 is 10.6 Å². The van der Waals surface area contributed by atoms with E-state index >= 15 is 0 Å². The van der Waals surface area contributed by atoms with E-state index in [4.69, 9.17) is 10.7 Å². The Morgan fingerprint density at radius 1 is 1.14 bits per heavy atom. The van der Waals surface area contributed by atoms with Crippen molar-refractivity contribution in [1.29, 1.82) is 0 Å². The molecular weight excluding hydrogens is 258 g/mol.